The Balaban J connectivity index is 2.08. The zero-order valence-electron chi connectivity index (χ0n) is 9.42. The van der Waals surface area contributed by atoms with Gasteiger partial charge in [0, 0.05) is 18.1 Å². The van der Waals surface area contributed by atoms with Crippen molar-refractivity contribution < 1.29 is 0 Å². The van der Waals surface area contributed by atoms with Crippen LogP contribution in [0.5, 0.6) is 0 Å². The molecule has 0 spiro atoms. The van der Waals surface area contributed by atoms with Crippen molar-refractivity contribution in [1.82, 2.24) is 9.97 Å². The van der Waals surface area contributed by atoms with Crippen LogP contribution < -0.4 is 0 Å². The summed E-state index contributed by atoms with van der Waals surface area (Å²) in [5.41, 5.74) is 3.07. The van der Waals surface area contributed by atoms with Crippen molar-refractivity contribution in [1.29, 1.82) is 5.26 Å². The molecule has 0 radical (unpaired) electrons. The first-order valence-corrected chi connectivity index (χ1v) is 6.16. The van der Waals surface area contributed by atoms with Gasteiger partial charge in [0.2, 0.25) is 0 Å². The van der Waals surface area contributed by atoms with E-state index in [1.807, 2.05) is 25.1 Å². The lowest BCUT2D eigenvalue weighted by molar-refractivity contribution is 1.05. The minimum Gasteiger partial charge on any atom is -0.260 e. The van der Waals surface area contributed by atoms with Crippen LogP contribution in [-0.2, 0) is 5.75 Å². The van der Waals surface area contributed by atoms with Crippen molar-refractivity contribution in [2.75, 3.05) is 0 Å². The van der Waals surface area contributed by atoms with E-state index in [0.717, 1.165) is 16.3 Å². The van der Waals surface area contributed by atoms with Crippen molar-refractivity contribution in [3.05, 3.63) is 53.5 Å². The Morgan fingerprint density at radius 1 is 1.35 bits per heavy atom. The lowest BCUT2D eigenvalue weighted by atomic mass is 10.1. The molecule has 0 unspecified atom stereocenters. The number of hydrogen-bond acceptors (Lipinski definition) is 4. The van der Waals surface area contributed by atoms with Crippen LogP contribution in [0, 0.1) is 18.3 Å². The molecule has 0 N–H and O–H groups in total. The monoisotopic (exact) mass is 241 g/mol. The van der Waals surface area contributed by atoms with Gasteiger partial charge in [-0.15, -0.1) is 11.8 Å². The summed E-state index contributed by atoms with van der Waals surface area (Å²) in [6, 6.07) is 7.89. The van der Waals surface area contributed by atoms with E-state index in [1.165, 1.54) is 5.56 Å². The van der Waals surface area contributed by atoms with E-state index in [9.17, 15) is 0 Å². The van der Waals surface area contributed by atoms with Gasteiger partial charge in [-0.25, -0.2) is 4.98 Å². The summed E-state index contributed by atoms with van der Waals surface area (Å²) in [5.74, 6) is 0.843. The molecular formula is C13H11N3S. The molecule has 0 saturated carbocycles. The highest BCUT2D eigenvalue weighted by Crippen LogP contribution is 2.22. The third-order valence-corrected chi connectivity index (χ3v) is 3.35. The van der Waals surface area contributed by atoms with Crippen LogP contribution in [0.4, 0.5) is 0 Å². The van der Waals surface area contributed by atoms with Crippen molar-refractivity contribution in [3.8, 4) is 6.07 Å². The van der Waals surface area contributed by atoms with Crippen LogP contribution in [-0.4, -0.2) is 9.97 Å². The number of nitrogens with zero attached hydrogens (tertiary/aromatic N) is 3. The molecule has 0 aliphatic rings. The molecule has 2 aromatic rings. The van der Waals surface area contributed by atoms with E-state index in [2.05, 4.69) is 16.0 Å². The number of benzene rings is 1. The molecule has 0 atom stereocenters. The second-order valence-electron chi connectivity index (χ2n) is 3.59. The third-order valence-electron chi connectivity index (χ3n) is 2.39. The van der Waals surface area contributed by atoms with Crippen LogP contribution in [0.3, 0.4) is 0 Å². The molecule has 84 valence electrons. The highest BCUT2D eigenvalue weighted by Gasteiger charge is 2.02. The Hall–Kier alpha value is -1.86. The highest BCUT2D eigenvalue weighted by atomic mass is 32.2. The Morgan fingerprint density at radius 2 is 2.24 bits per heavy atom. The Labute approximate surface area is 105 Å². The predicted octanol–water partition coefficient (Wildman–Crippen LogP) is 2.95. The molecule has 1 aromatic heterocycles. The van der Waals surface area contributed by atoms with Gasteiger partial charge in [0.25, 0.3) is 0 Å². The normalized spacial score (nSPS) is 9.88. The molecule has 0 fully saturated rings. The minimum absolute atomic E-state index is 0.704. The maximum atomic E-state index is 8.79. The maximum Gasteiger partial charge on any atom is 0.115 e. The van der Waals surface area contributed by atoms with Crippen LogP contribution >= 0.6 is 11.8 Å². The Morgan fingerprint density at radius 3 is 2.88 bits per heavy atom. The van der Waals surface area contributed by atoms with E-state index in [4.69, 9.17) is 5.26 Å². The summed E-state index contributed by atoms with van der Waals surface area (Å²) in [6.07, 6.45) is 5.11. The smallest absolute Gasteiger partial charge is 0.115 e. The molecule has 4 heteroatoms. The van der Waals surface area contributed by atoms with Crippen molar-refractivity contribution in [2.24, 2.45) is 0 Å². The van der Waals surface area contributed by atoms with Crippen molar-refractivity contribution >= 4 is 11.8 Å². The second kappa shape index (κ2) is 5.46. The predicted molar refractivity (Wildman–Crippen MR) is 67.5 cm³/mol. The fraction of sp³-hybridized carbons (Fsp3) is 0.154. The number of nitriles is 1. The van der Waals surface area contributed by atoms with Crippen LogP contribution in [0.1, 0.15) is 16.7 Å². The average molecular weight is 241 g/mol. The van der Waals surface area contributed by atoms with Crippen LogP contribution in [0.25, 0.3) is 0 Å². The van der Waals surface area contributed by atoms with Gasteiger partial charge < -0.3 is 0 Å². The number of aromatic nitrogens is 2. The molecule has 0 aliphatic carbocycles. The third kappa shape index (κ3) is 3.05. The first-order valence-electron chi connectivity index (χ1n) is 5.18. The molecule has 17 heavy (non-hydrogen) atoms. The lowest BCUT2D eigenvalue weighted by Crippen LogP contribution is -1.89. The Kier molecular flexibility index (Phi) is 3.73. The van der Waals surface area contributed by atoms with Gasteiger partial charge >= 0.3 is 0 Å². The van der Waals surface area contributed by atoms with Gasteiger partial charge in [-0.2, -0.15) is 5.26 Å². The van der Waals surface area contributed by atoms with Gasteiger partial charge in [0.1, 0.15) is 5.03 Å². The van der Waals surface area contributed by atoms with Crippen LogP contribution in [0.15, 0.2) is 41.8 Å². The fourth-order valence-electron chi connectivity index (χ4n) is 1.44. The average Bonchev–Trinajstić information content (AvgIpc) is 2.38. The molecule has 1 heterocycles. The molecule has 2 rings (SSSR count). The number of hydrogen-bond donors (Lipinski definition) is 0. The zero-order valence-corrected chi connectivity index (χ0v) is 10.2. The standard InChI is InChI=1S/C13H11N3S/c1-10-6-11(7-14)2-3-12(10)9-17-13-8-15-4-5-16-13/h2-6,8H,9H2,1H3. The van der Waals surface area contributed by atoms with E-state index >= 15 is 0 Å². The first kappa shape index (κ1) is 11.6. The second-order valence-corrected chi connectivity index (χ2v) is 4.58. The van der Waals surface area contributed by atoms with Crippen molar-refractivity contribution in [3.63, 3.8) is 0 Å². The lowest BCUT2D eigenvalue weighted by Gasteiger charge is -2.05. The Bertz CT molecular complexity index is 546. The van der Waals surface area contributed by atoms with E-state index < -0.39 is 0 Å². The fourth-order valence-corrected chi connectivity index (χ4v) is 2.34. The molecule has 0 aliphatic heterocycles. The van der Waals surface area contributed by atoms with E-state index in [1.54, 1.807) is 30.4 Å². The highest BCUT2D eigenvalue weighted by molar-refractivity contribution is 7.98. The molecular weight excluding hydrogens is 230 g/mol. The first-order chi connectivity index (χ1) is 8.29. The minimum atomic E-state index is 0.704. The number of thioether (sulfide) groups is 1. The quantitative estimate of drug-likeness (QED) is 0.775. The van der Waals surface area contributed by atoms with Gasteiger partial charge in [-0.3, -0.25) is 4.98 Å². The van der Waals surface area contributed by atoms with Crippen molar-refractivity contribution in [2.45, 2.75) is 17.7 Å². The number of aryl methyl sites for hydroxylation is 1. The summed E-state index contributed by atoms with van der Waals surface area (Å²) in [7, 11) is 0. The molecule has 1 aromatic carbocycles. The van der Waals surface area contributed by atoms with Gasteiger partial charge in [-0.1, -0.05) is 6.07 Å². The zero-order chi connectivity index (χ0) is 12.1. The summed E-state index contributed by atoms with van der Waals surface area (Å²) in [6.45, 7) is 2.02. The SMILES string of the molecule is Cc1cc(C#N)ccc1CSc1cnccn1. The largest absolute Gasteiger partial charge is 0.260 e. The summed E-state index contributed by atoms with van der Waals surface area (Å²) >= 11 is 1.64. The summed E-state index contributed by atoms with van der Waals surface area (Å²) in [5, 5.41) is 9.70. The molecule has 0 saturated heterocycles. The maximum absolute atomic E-state index is 8.79. The number of rotatable bonds is 3. The molecule has 3 nitrogen and oxygen atoms in total. The van der Waals surface area contributed by atoms with E-state index in [-0.39, 0.29) is 0 Å². The van der Waals surface area contributed by atoms with Gasteiger partial charge in [0.05, 0.1) is 17.8 Å². The van der Waals surface area contributed by atoms with Gasteiger partial charge in [0.15, 0.2) is 0 Å². The van der Waals surface area contributed by atoms with E-state index in [0.29, 0.717) is 5.56 Å². The molecule has 0 bridgehead atoms. The topological polar surface area (TPSA) is 49.6 Å². The summed E-state index contributed by atoms with van der Waals surface area (Å²) in [4.78, 5) is 8.23. The van der Waals surface area contributed by atoms with Crippen LogP contribution in [0.2, 0.25) is 0 Å². The van der Waals surface area contributed by atoms with Gasteiger partial charge in [-0.05, 0) is 30.2 Å². The molecule has 0 amide bonds. The summed E-state index contributed by atoms with van der Waals surface area (Å²) < 4.78 is 0.